The second-order valence-corrected chi connectivity index (χ2v) is 7.81. The largest absolute Gasteiger partial charge is 0.496 e. The average molecular weight is 384 g/mol. The highest BCUT2D eigenvalue weighted by Gasteiger charge is 2.28. The summed E-state index contributed by atoms with van der Waals surface area (Å²) < 4.78 is 36.9. The molecule has 1 heterocycles. The molecule has 3 aromatic rings. The lowest BCUT2D eigenvalue weighted by Gasteiger charge is -2.09. The van der Waals surface area contributed by atoms with Crippen LogP contribution in [0.5, 0.6) is 5.75 Å². The van der Waals surface area contributed by atoms with E-state index in [0.717, 1.165) is 5.56 Å². The summed E-state index contributed by atoms with van der Waals surface area (Å²) in [6, 6.07) is 15.6. The molecule has 0 aliphatic heterocycles. The fraction of sp³-hybridized carbons (Fsp3) is 0.150. The van der Waals surface area contributed by atoms with Gasteiger partial charge in [-0.15, -0.1) is 0 Å². The van der Waals surface area contributed by atoms with E-state index in [1.165, 1.54) is 12.1 Å². The molecule has 27 heavy (non-hydrogen) atoms. The molecule has 1 aromatic heterocycles. The van der Waals surface area contributed by atoms with Crippen LogP contribution in [0, 0.1) is 0 Å². The van der Waals surface area contributed by atoms with E-state index in [4.69, 9.17) is 9.15 Å². The van der Waals surface area contributed by atoms with Gasteiger partial charge in [0.25, 0.3) is 0 Å². The number of nitrogens with zero attached hydrogens (tertiary/aromatic N) is 2. The minimum atomic E-state index is -3.79. The first-order valence-electron chi connectivity index (χ1n) is 8.23. The molecule has 3 rings (SSSR count). The lowest BCUT2D eigenvalue weighted by molar-refractivity contribution is 0.414. The first-order valence-corrected chi connectivity index (χ1v) is 9.71. The summed E-state index contributed by atoms with van der Waals surface area (Å²) in [6.45, 7) is 0. The molecule has 0 spiro atoms. The second-order valence-electron chi connectivity index (χ2n) is 5.95. The van der Waals surface area contributed by atoms with Crippen LogP contribution in [0.15, 0.2) is 68.9 Å². The van der Waals surface area contributed by atoms with E-state index in [0.29, 0.717) is 5.75 Å². The van der Waals surface area contributed by atoms with Gasteiger partial charge in [-0.05, 0) is 24.3 Å². The van der Waals surface area contributed by atoms with Gasteiger partial charge in [0.05, 0.1) is 12.0 Å². The molecular formula is C20H20N2O4S. The highest BCUT2D eigenvalue weighted by atomic mass is 32.2. The minimum absolute atomic E-state index is 0.113. The first kappa shape index (κ1) is 18.7. The van der Waals surface area contributed by atoms with E-state index < -0.39 is 9.84 Å². The van der Waals surface area contributed by atoms with Gasteiger partial charge >= 0.3 is 0 Å². The Morgan fingerprint density at radius 2 is 1.67 bits per heavy atom. The van der Waals surface area contributed by atoms with E-state index in [-0.39, 0.29) is 21.7 Å². The van der Waals surface area contributed by atoms with Crippen molar-refractivity contribution in [1.82, 2.24) is 4.98 Å². The van der Waals surface area contributed by atoms with Crippen molar-refractivity contribution in [2.75, 3.05) is 26.1 Å². The Balaban J connectivity index is 2.03. The molecule has 0 radical (unpaired) electrons. The molecule has 7 heteroatoms. The maximum atomic E-state index is 13.0. The lowest BCUT2D eigenvalue weighted by atomic mass is 10.2. The van der Waals surface area contributed by atoms with Gasteiger partial charge in [-0.2, -0.15) is 4.98 Å². The summed E-state index contributed by atoms with van der Waals surface area (Å²) >= 11 is 0. The van der Waals surface area contributed by atoms with Crippen molar-refractivity contribution in [1.29, 1.82) is 0 Å². The standard InChI is InChI=1S/C20H20N2O4S/c1-22(2)20-19(27(23,24)16-10-5-4-6-11-16)21-18(26-20)14-13-15-9-7-8-12-17(15)25-3/h4-14H,1-3H3/b14-13+. The number of sulfone groups is 1. The number of hydrogen-bond donors (Lipinski definition) is 0. The van der Waals surface area contributed by atoms with Gasteiger partial charge in [-0.3, -0.25) is 0 Å². The molecule has 0 N–H and O–H groups in total. The molecule has 0 saturated carbocycles. The topological polar surface area (TPSA) is 72.6 Å². The molecule has 0 aliphatic carbocycles. The third kappa shape index (κ3) is 3.88. The highest BCUT2D eigenvalue weighted by Crippen LogP contribution is 2.30. The monoisotopic (exact) mass is 384 g/mol. The number of para-hydroxylation sites is 1. The van der Waals surface area contributed by atoms with Crippen LogP contribution in [0.2, 0.25) is 0 Å². The molecule has 0 saturated heterocycles. The van der Waals surface area contributed by atoms with Gasteiger partial charge in [0.2, 0.25) is 26.6 Å². The molecule has 0 bridgehead atoms. The number of rotatable bonds is 6. The zero-order chi connectivity index (χ0) is 19.4. The zero-order valence-electron chi connectivity index (χ0n) is 15.3. The summed E-state index contributed by atoms with van der Waals surface area (Å²) in [7, 11) is 1.21. The minimum Gasteiger partial charge on any atom is -0.496 e. The Bertz CT molecular complexity index is 1050. The second kappa shape index (κ2) is 7.67. The Morgan fingerprint density at radius 1 is 1.00 bits per heavy atom. The van der Waals surface area contributed by atoms with Crippen LogP contribution in [0.4, 0.5) is 5.88 Å². The van der Waals surface area contributed by atoms with E-state index in [9.17, 15) is 8.42 Å². The summed E-state index contributed by atoms with van der Waals surface area (Å²) in [5.41, 5.74) is 0.831. The predicted molar refractivity (Wildman–Crippen MR) is 105 cm³/mol. The lowest BCUT2D eigenvalue weighted by Crippen LogP contribution is -2.13. The summed E-state index contributed by atoms with van der Waals surface area (Å²) in [5, 5.41) is -0.113. The number of aromatic nitrogens is 1. The van der Waals surface area contributed by atoms with E-state index in [1.54, 1.807) is 56.5 Å². The molecule has 0 aliphatic rings. The number of hydrogen-bond acceptors (Lipinski definition) is 6. The fourth-order valence-corrected chi connectivity index (χ4v) is 3.92. The van der Waals surface area contributed by atoms with E-state index in [1.807, 2.05) is 24.3 Å². The van der Waals surface area contributed by atoms with Crippen molar-refractivity contribution in [3.05, 3.63) is 66.1 Å². The van der Waals surface area contributed by atoms with Crippen LogP contribution in [0.3, 0.4) is 0 Å². The maximum absolute atomic E-state index is 13.0. The summed E-state index contributed by atoms with van der Waals surface area (Å²) in [4.78, 5) is 5.98. The molecule has 0 fully saturated rings. The third-order valence-corrected chi connectivity index (χ3v) is 5.52. The Kier molecular flexibility index (Phi) is 5.32. The average Bonchev–Trinajstić information content (AvgIpc) is 3.13. The number of oxazole rings is 1. The van der Waals surface area contributed by atoms with Crippen molar-refractivity contribution >= 4 is 27.9 Å². The third-order valence-electron chi connectivity index (χ3n) is 3.85. The number of benzene rings is 2. The zero-order valence-corrected chi connectivity index (χ0v) is 16.1. The molecule has 0 unspecified atom stereocenters. The van der Waals surface area contributed by atoms with Crippen LogP contribution in [-0.2, 0) is 9.84 Å². The number of methoxy groups -OCH3 is 1. The molecule has 6 nitrogen and oxygen atoms in total. The van der Waals surface area contributed by atoms with Crippen molar-refractivity contribution in [3.8, 4) is 5.75 Å². The molecule has 0 atom stereocenters. The fourth-order valence-electron chi connectivity index (χ4n) is 2.52. The van der Waals surface area contributed by atoms with E-state index >= 15 is 0 Å². The number of ether oxygens (including phenoxy) is 1. The van der Waals surface area contributed by atoms with E-state index in [2.05, 4.69) is 4.98 Å². The predicted octanol–water partition coefficient (Wildman–Crippen LogP) is 3.75. The maximum Gasteiger partial charge on any atom is 0.235 e. The van der Waals surface area contributed by atoms with Crippen LogP contribution < -0.4 is 9.64 Å². The van der Waals surface area contributed by atoms with Crippen molar-refractivity contribution in [2.45, 2.75) is 9.92 Å². The van der Waals surface area contributed by atoms with Gasteiger partial charge < -0.3 is 14.1 Å². The summed E-state index contributed by atoms with van der Waals surface area (Å²) in [5.74, 6) is 1.07. The van der Waals surface area contributed by atoms with Crippen LogP contribution in [-0.4, -0.2) is 34.6 Å². The highest BCUT2D eigenvalue weighted by molar-refractivity contribution is 7.91. The Hall–Kier alpha value is -3.06. The Labute approximate surface area is 158 Å². The summed E-state index contributed by atoms with van der Waals surface area (Å²) in [6.07, 6.45) is 3.39. The van der Waals surface area contributed by atoms with Crippen LogP contribution >= 0.6 is 0 Å². The van der Waals surface area contributed by atoms with Gasteiger partial charge in [-0.25, -0.2) is 8.42 Å². The van der Waals surface area contributed by atoms with Gasteiger partial charge in [0.15, 0.2) is 0 Å². The van der Waals surface area contributed by atoms with Gasteiger partial charge in [0, 0.05) is 25.7 Å². The molecule has 0 amide bonds. The first-order chi connectivity index (χ1) is 12.9. The van der Waals surface area contributed by atoms with Crippen LogP contribution in [0.25, 0.3) is 12.2 Å². The molecule has 2 aromatic carbocycles. The number of anilines is 1. The SMILES string of the molecule is COc1ccccc1/C=C/c1nc(S(=O)(=O)c2ccccc2)c(N(C)C)o1. The Morgan fingerprint density at radius 3 is 2.33 bits per heavy atom. The van der Waals surface area contributed by atoms with Crippen LogP contribution in [0.1, 0.15) is 11.5 Å². The van der Waals surface area contributed by atoms with Gasteiger partial charge in [-0.1, -0.05) is 36.4 Å². The molecular weight excluding hydrogens is 364 g/mol. The van der Waals surface area contributed by atoms with Crippen molar-refractivity contribution in [3.63, 3.8) is 0 Å². The smallest absolute Gasteiger partial charge is 0.235 e. The normalized spacial score (nSPS) is 11.7. The molecule has 140 valence electrons. The van der Waals surface area contributed by atoms with Crippen molar-refractivity contribution < 1.29 is 17.6 Å². The quantitative estimate of drug-likeness (QED) is 0.644. The van der Waals surface area contributed by atoms with Crippen molar-refractivity contribution in [2.24, 2.45) is 0 Å². The van der Waals surface area contributed by atoms with Gasteiger partial charge in [0.1, 0.15) is 5.75 Å².